The fraction of sp³-hybridized carbons (Fsp3) is 0.636. The van der Waals surface area contributed by atoms with Gasteiger partial charge in [0.15, 0.2) is 0 Å². The standard InChI is InChI=1S/C33H52O17/c1-19(2)30(39)47-14-23(35)10-43-18-28(45-12-25(37)16-49-32(41)21(5)6)29(46-13-26(38)17-50-33(42)22(7)8)27(9-34)44-11-24(36)15-48-31(40)20(3)4/h23-29,34-38H,1,3,5,7,9-18H2,2,4,6,8H3/t23?,24?,25?,26?,27-,28+,29-/m0/s1. The molecule has 0 aliphatic rings. The zero-order chi connectivity index (χ0) is 38.4. The summed E-state index contributed by atoms with van der Waals surface area (Å²) in [5, 5.41) is 51.7. The number of carbonyl (C=O) groups is 4. The third kappa shape index (κ3) is 20.9. The van der Waals surface area contributed by atoms with Crippen molar-refractivity contribution < 1.29 is 82.6 Å². The van der Waals surface area contributed by atoms with Crippen LogP contribution in [0.2, 0.25) is 0 Å². The van der Waals surface area contributed by atoms with Gasteiger partial charge in [-0.05, 0) is 27.7 Å². The number of ether oxygens (including phenoxy) is 8. The molecule has 50 heavy (non-hydrogen) atoms. The van der Waals surface area contributed by atoms with Crippen molar-refractivity contribution in [3.63, 3.8) is 0 Å². The van der Waals surface area contributed by atoms with Crippen LogP contribution in [-0.2, 0) is 57.1 Å². The first-order valence-electron chi connectivity index (χ1n) is 15.5. The van der Waals surface area contributed by atoms with Crippen molar-refractivity contribution in [2.75, 3.05) is 66.1 Å². The number of aliphatic hydroxyl groups excluding tert-OH is 5. The van der Waals surface area contributed by atoms with Gasteiger partial charge in [-0.1, -0.05) is 26.3 Å². The molecule has 0 rings (SSSR count). The zero-order valence-corrected chi connectivity index (χ0v) is 29.1. The minimum atomic E-state index is -1.40. The Balaban J connectivity index is 6.02. The predicted molar refractivity (Wildman–Crippen MR) is 174 cm³/mol. The molecular formula is C33H52O17. The maximum Gasteiger partial charge on any atom is 0.333 e. The van der Waals surface area contributed by atoms with Crippen LogP contribution in [0.25, 0.3) is 0 Å². The van der Waals surface area contributed by atoms with E-state index in [0.717, 1.165) is 0 Å². The molecule has 0 amide bonds. The minimum absolute atomic E-state index is 0.0897. The fourth-order valence-corrected chi connectivity index (χ4v) is 3.33. The molecule has 0 spiro atoms. The summed E-state index contributed by atoms with van der Waals surface area (Å²) < 4.78 is 42.6. The van der Waals surface area contributed by atoms with E-state index in [9.17, 15) is 44.7 Å². The lowest BCUT2D eigenvalue weighted by atomic mass is 10.1. The molecule has 0 bridgehead atoms. The Kier molecular flexibility index (Phi) is 23.6. The van der Waals surface area contributed by atoms with Crippen LogP contribution in [-0.4, -0.2) is 158 Å². The van der Waals surface area contributed by atoms with E-state index in [1.807, 2.05) is 0 Å². The van der Waals surface area contributed by atoms with Crippen LogP contribution in [0.5, 0.6) is 0 Å². The van der Waals surface area contributed by atoms with Crippen molar-refractivity contribution >= 4 is 23.9 Å². The van der Waals surface area contributed by atoms with Gasteiger partial charge in [0.1, 0.15) is 69.2 Å². The average molecular weight is 721 g/mol. The van der Waals surface area contributed by atoms with Crippen LogP contribution < -0.4 is 0 Å². The summed E-state index contributed by atoms with van der Waals surface area (Å²) in [6, 6.07) is 0. The van der Waals surface area contributed by atoms with Crippen molar-refractivity contribution in [2.24, 2.45) is 0 Å². The van der Waals surface area contributed by atoms with Gasteiger partial charge < -0.3 is 63.4 Å². The summed E-state index contributed by atoms with van der Waals surface area (Å²) in [6.07, 6.45) is -9.40. The highest BCUT2D eigenvalue weighted by molar-refractivity contribution is 5.88. The second-order valence-corrected chi connectivity index (χ2v) is 11.4. The molecule has 286 valence electrons. The summed E-state index contributed by atoms with van der Waals surface area (Å²) in [5.74, 6) is -3.00. The Morgan fingerprint density at radius 1 is 0.460 bits per heavy atom. The third-order valence-electron chi connectivity index (χ3n) is 6.01. The van der Waals surface area contributed by atoms with E-state index in [1.165, 1.54) is 27.7 Å². The number of aliphatic hydroxyl groups is 5. The molecule has 0 aromatic rings. The molecule has 17 heteroatoms. The van der Waals surface area contributed by atoms with Gasteiger partial charge in [-0.3, -0.25) is 0 Å². The molecule has 0 saturated carbocycles. The van der Waals surface area contributed by atoms with Gasteiger partial charge in [0, 0.05) is 22.3 Å². The lowest BCUT2D eigenvalue weighted by molar-refractivity contribution is -0.191. The van der Waals surface area contributed by atoms with Gasteiger partial charge in [0.05, 0.1) is 39.6 Å². The zero-order valence-electron chi connectivity index (χ0n) is 29.1. The van der Waals surface area contributed by atoms with Crippen molar-refractivity contribution in [3.05, 3.63) is 48.6 Å². The van der Waals surface area contributed by atoms with Crippen LogP contribution in [0.15, 0.2) is 48.6 Å². The molecule has 0 saturated heterocycles. The molecule has 5 N–H and O–H groups in total. The van der Waals surface area contributed by atoms with Crippen LogP contribution in [0.3, 0.4) is 0 Å². The topological polar surface area (TPSA) is 243 Å². The smallest absolute Gasteiger partial charge is 0.333 e. The molecular weight excluding hydrogens is 668 g/mol. The van der Waals surface area contributed by atoms with Crippen LogP contribution in [0.4, 0.5) is 0 Å². The largest absolute Gasteiger partial charge is 0.460 e. The molecule has 7 atom stereocenters. The van der Waals surface area contributed by atoms with Gasteiger partial charge in [-0.25, -0.2) is 19.2 Å². The Hall–Kier alpha value is -3.52. The van der Waals surface area contributed by atoms with E-state index in [4.69, 9.17) is 37.9 Å². The molecule has 0 aromatic heterocycles. The summed E-state index contributed by atoms with van der Waals surface area (Å²) >= 11 is 0. The normalized spacial score (nSPS) is 15.3. The summed E-state index contributed by atoms with van der Waals surface area (Å²) in [6.45, 7) is 14.5. The maximum absolute atomic E-state index is 11.8. The van der Waals surface area contributed by atoms with Crippen molar-refractivity contribution in [2.45, 2.75) is 70.4 Å². The van der Waals surface area contributed by atoms with E-state index >= 15 is 0 Å². The first-order valence-corrected chi connectivity index (χ1v) is 15.5. The number of esters is 4. The van der Waals surface area contributed by atoms with Gasteiger partial charge in [0.25, 0.3) is 0 Å². The van der Waals surface area contributed by atoms with E-state index in [2.05, 4.69) is 26.3 Å². The molecule has 0 radical (unpaired) electrons. The van der Waals surface area contributed by atoms with Gasteiger partial charge >= 0.3 is 23.9 Å². The molecule has 4 unspecified atom stereocenters. The quantitative estimate of drug-likeness (QED) is 0.0372. The highest BCUT2D eigenvalue weighted by Crippen LogP contribution is 2.16. The Morgan fingerprint density at radius 2 is 0.760 bits per heavy atom. The highest BCUT2D eigenvalue weighted by atomic mass is 16.6. The van der Waals surface area contributed by atoms with Gasteiger partial charge in [-0.15, -0.1) is 0 Å². The first-order chi connectivity index (χ1) is 23.4. The average Bonchev–Trinajstić information content (AvgIpc) is 3.06. The lowest BCUT2D eigenvalue weighted by Crippen LogP contribution is -2.49. The predicted octanol–water partition coefficient (Wildman–Crippen LogP) is -0.928. The Labute approximate surface area is 291 Å². The third-order valence-corrected chi connectivity index (χ3v) is 6.01. The van der Waals surface area contributed by atoms with Gasteiger partial charge in [-0.2, -0.15) is 0 Å². The number of carbonyl (C=O) groups excluding carboxylic acids is 4. The highest BCUT2D eigenvalue weighted by Gasteiger charge is 2.34. The fourth-order valence-electron chi connectivity index (χ4n) is 3.33. The van der Waals surface area contributed by atoms with Crippen LogP contribution >= 0.6 is 0 Å². The molecule has 0 aliphatic heterocycles. The van der Waals surface area contributed by atoms with E-state index in [-0.39, 0.29) is 22.3 Å². The number of rotatable bonds is 28. The van der Waals surface area contributed by atoms with E-state index < -0.39 is 133 Å². The van der Waals surface area contributed by atoms with Crippen molar-refractivity contribution in [1.29, 1.82) is 0 Å². The maximum atomic E-state index is 11.8. The molecule has 0 aliphatic carbocycles. The molecule has 0 aromatic carbocycles. The minimum Gasteiger partial charge on any atom is -0.460 e. The Bertz CT molecular complexity index is 1140. The van der Waals surface area contributed by atoms with Crippen LogP contribution in [0, 0.1) is 0 Å². The lowest BCUT2D eigenvalue weighted by Gasteiger charge is -2.34. The van der Waals surface area contributed by atoms with Gasteiger partial charge in [0.2, 0.25) is 0 Å². The van der Waals surface area contributed by atoms with E-state index in [0.29, 0.717) is 0 Å². The van der Waals surface area contributed by atoms with E-state index in [1.54, 1.807) is 0 Å². The second-order valence-electron chi connectivity index (χ2n) is 11.4. The SMILES string of the molecule is C=C(C)C(=O)OCC(O)COC[C@@H](OCC(O)COC(=O)C(=C)C)[C@@H](OCC(O)COC(=O)C(=C)C)[C@H](CO)OCC(O)COC(=O)C(=C)C. The molecule has 0 heterocycles. The van der Waals surface area contributed by atoms with Crippen molar-refractivity contribution in [1.82, 2.24) is 0 Å². The van der Waals surface area contributed by atoms with Crippen molar-refractivity contribution in [3.8, 4) is 0 Å². The summed E-state index contributed by atoms with van der Waals surface area (Å²) in [7, 11) is 0. The number of hydrogen-bond acceptors (Lipinski definition) is 17. The summed E-state index contributed by atoms with van der Waals surface area (Å²) in [4.78, 5) is 46.9. The number of hydrogen-bond donors (Lipinski definition) is 5. The molecule has 0 fully saturated rings. The summed E-state index contributed by atoms with van der Waals surface area (Å²) in [5.41, 5.74) is 0.400. The first kappa shape index (κ1) is 46.5. The molecule has 17 nitrogen and oxygen atoms in total. The second kappa shape index (κ2) is 25.4. The van der Waals surface area contributed by atoms with Crippen LogP contribution in [0.1, 0.15) is 27.7 Å². The Morgan fingerprint density at radius 3 is 1.08 bits per heavy atom. The monoisotopic (exact) mass is 720 g/mol.